The van der Waals surface area contributed by atoms with Crippen molar-refractivity contribution in [2.24, 2.45) is 5.73 Å². The first-order valence-electron chi connectivity index (χ1n) is 9.88. The Hall–Kier alpha value is -3.53. The standard InChI is InChI=1S/C21H26N6O4/c1-30-14-19(28)26-5-7-27(8-6-26)21-24-11-17(12-25-21)16-4-2-3-15(9-16)13-31-20(29)10-18(22)23/h2-4,9,11-12H,5-8,10,13-14H2,1H3,(H3,22,23). The number of amidine groups is 1. The molecule has 0 atom stereocenters. The molecule has 10 heteroatoms. The summed E-state index contributed by atoms with van der Waals surface area (Å²) in [7, 11) is 1.51. The number of anilines is 1. The summed E-state index contributed by atoms with van der Waals surface area (Å²) < 4.78 is 10.0. The Kier molecular flexibility index (Phi) is 7.50. The maximum absolute atomic E-state index is 11.9. The van der Waals surface area contributed by atoms with Gasteiger partial charge in [0.25, 0.3) is 0 Å². The largest absolute Gasteiger partial charge is 0.460 e. The van der Waals surface area contributed by atoms with E-state index in [1.807, 2.05) is 29.2 Å². The van der Waals surface area contributed by atoms with E-state index in [2.05, 4.69) is 9.97 Å². The van der Waals surface area contributed by atoms with E-state index in [-0.39, 0.29) is 31.4 Å². The van der Waals surface area contributed by atoms with Crippen LogP contribution in [0.4, 0.5) is 5.95 Å². The van der Waals surface area contributed by atoms with Crippen LogP contribution in [0, 0.1) is 5.41 Å². The van der Waals surface area contributed by atoms with Gasteiger partial charge in [0.2, 0.25) is 11.9 Å². The van der Waals surface area contributed by atoms with Gasteiger partial charge in [-0.1, -0.05) is 18.2 Å². The number of nitrogens with zero attached hydrogens (tertiary/aromatic N) is 4. The van der Waals surface area contributed by atoms with Crippen LogP contribution in [0.1, 0.15) is 12.0 Å². The van der Waals surface area contributed by atoms with Gasteiger partial charge < -0.3 is 25.0 Å². The zero-order valence-corrected chi connectivity index (χ0v) is 17.4. The van der Waals surface area contributed by atoms with Crippen molar-refractivity contribution < 1.29 is 19.1 Å². The summed E-state index contributed by atoms with van der Waals surface area (Å²) in [4.78, 5) is 36.3. The Balaban J connectivity index is 1.58. The van der Waals surface area contributed by atoms with E-state index in [4.69, 9.17) is 20.6 Å². The minimum atomic E-state index is -0.533. The van der Waals surface area contributed by atoms with Gasteiger partial charge in [0.05, 0.1) is 0 Å². The number of ether oxygens (including phenoxy) is 2. The van der Waals surface area contributed by atoms with E-state index in [1.165, 1.54) is 7.11 Å². The lowest BCUT2D eigenvalue weighted by Crippen LogP contribution is -2.50. The number of carbonyl (C=O) groups excluding carboxylic acids is 2. The second-order valence-electron chi connectivity index (χ2n) is 7.14. The summed E-state index contributed by atoms with van der Waals surface area (Å²) in [6.45, 7) is 2.74. The molecule has 0 bridgehead atoms. The second kappa shape index (κ2) is 10.5. The zero-order chi connectivity index (χ0) is 22.2. The van der Waals surface area contributed by atoms with Gasteiger partial charge in [0.1, 0.15) is 25.5 Å². The number of hydrogen-bond donors (Lipinski definition) is 2. The Bertz CT molecular complexity index is 926. The molecule has 1 aliphatic rings. The maximum atomic E-state index is 11.9. The van der Waals surface area contributed by atoms with Crippen LogP contribution < -0.4 is 10.6 Å². The Morgan fingerprint density at radius 3 is 2.48 bits per heavy atom. The monoisotopic (exact) mass is 426 g/mol. The first kappa shape index (κ1) is 22.2. The van der Waals surface area contributed by atoms with Crippen molar-refractivity contribution >= 4 is 23.7 Å². The molecule has 1 fully saturated rings. The molecule has 31 heavy (non-hydrogen) atoms. The summed E-state index contributed by atoms with van der Waals surface area (Å²) in [5.74, 6) is -0.143. The van der Waals surface area contributed by atoms with Gasteiger partial charge in [-0.2, -0.15) is 0 Å². The number of carbonyl (C=O) groups is 2. The van der Waals surface area contributed by atoms with Crippen LogP contribution in [0.5, 0.6) is 0 Å². The highest BCUT2D eigenvalue weighted by Crippen LogP contribution is 2.21. The molecule has 164 valence electrons. The minimum absolute atomic E-state index is 0.00901. The predicted molar refractivity (Wildman–Crippen MR) is 114 cm³/mol. The summed E-state index contributed by atoms with van der Waals surface area (Å²) in [6.07, 6.45) is 3.29. The molecule has 1 amide bonds. The minimum Gasteiger partial charge on any atom is -0.460 e. The van der Waals surface area contributed by atoms with Gasteiger partial charge in [-0.15, -0.1) is 0 Å². The summed E-state index contributed by atoms with van der Waals surface area (Å²) in [5.41, 5.74) is 7.77. The highest BCUT2D eigenvalue weighted by molar-refractivity contribution is 5.94. The summed E-state index contributed by atoms with van der Waals surface area (Å²) >= 11 is 0. The number of piperazine rings is 1. The van der Waals surface area contributed by atoms with Crippen LogP contribution in [-0.4, -0.2) is 72.5 Å². The average Bonchev–Trinajstić information content (AvgIpc) is 2.78. The van der Waals surface area contributed by atoms with E-state index >= 15 is 0 Å². The first-order valence-corrected chi connectivity index (χ1v) is 9.88. The molecule has 0 aliphatic carbocycles. The topological polar surface area (TPSA) is 135 Å². The van der Waals surface area contributed by atoms with Crippen molar-refractivity contribution in [1.82, 2.24) is 14.9 Å². The molecule has 1 aliphatic heterocycles. The van der Waals surface area contributed by atoms with Crippen LogP contribution in [0.25, 0.3) is 11.1 Å². The van der Waals surface area contributed by atoms with E-state index < -0.39 is 5.97 Å². The van der Waals surface area contributed by atoms with Crippen molar-refractivity contribution in [1.29, 1.82) is 5.41 Å². The van der Waals surface area contributed by atoms with Gasteiger partial charge in [-0.05, 0) is 17.2 Å². The lowest BCUT2D eigenvalue weighted by molar-refractivity contribution is -0.143. The Morgan fingerprint density at radius 2 is 1.84 bits per heavy atom. The number of nitrogens with one attached hydrogen (secondary N) is 1. The summed E-state index contributed by atoms with van der Waals surface area (Å²) in [5, 5.41) is 7.13. The van der Waals surface area contributed by atoms with Crippen LogP contribution in [-0.2, 0) is 25.7 Å². The fourth-order valence-electron chi connectivity index (χ4n) is 3.22. The van der Waals surface area contributed by atoms with Gasteiger partial charge in [-0.3, -0.25) is 15.0 Å². The fourth-order valence-corrected chi connectivity index (χ4v) is 3.22. The molecule has 10 nitrogen and oxygen atoms in total. The average molecular weight is 426 g/mol. The normalized spacial score (nSPS) is 13.7. The molecular formula is C21H26N6O4. The van der Waals surface area contributed by atoms with E-state index in [9.17, 15) is 9.59 Å². The van der Waals surface area contributed by atoms with Crippen LogP contribution in [0.2, 0.25) is 0 Å². The number of hydrogen-bond acceptors (Lipinski definition) is 8. The van der Waals surface area contributed by atoms with Gasteiger partial charge >= 0.3 is 5.97 Å². The van der Waals surface area contributed by atoms with E-state index in [0.29, 0.717) is 32.1 Å². The number of nitrogens with two attached hydrogens (primary N) is 1. The molecular weight excluding hydrogens is 400 g/mol. The van der Waals surface area contributed by atoms with Crippen LogP contribution in [0.3, 0.4) is 0 Å². The smallest absolute Gasteiger partial charge is 0.313 e. The van der Waals surface area contributed by atoms with E-state index in [0.717, 1.165) is 16.7 Å². The number of benzene rings is 1. The van der Waals surface area contributed by atoms with Crippen LogP contribution in [0.15, 0.2) is 36.7 Å². The molecule has 1 saturated heterocycles. The number of amides is 1. The van der Waals surface area contributed by atoms with Crippen molar-refractivity contribution in [2.45, 2.75) is 13.0 Å². The van der Waals surface area contributed by atoms with Crippen molar-refractivity contribution in [2.75, 3.05) is 44.8 Å². The third-order valence-corrected chi connectivity index (χ3v) is 4.82. The number of methoxy groups -OCH3 is 1. The number of rotatable bonds is 8. The predicted octanol–water partition coefficient (Wildman–Crippen LogP) is 0.808. The quantitative estimate of drug-likeness (QED) is 0.360. The lowest BCUT2D eigenvalue weighted by Gasteiger charge is -2.34. The molecule has 2 heterocycles. The lowest BCUT2D eigenvalue weighted by atomic mass is 10.1. The molecule has 0 radical (unpaired) electrons. The fraction of sp³-hybridized carbons (Fsp3) is 0.381. The number of esters is 1. The Labute approximate surface area is 180 Å². The molecule has 2 aromatic rings. The van der Waals surface area contributed by atoms with Crippen LogP contribution >= 0.6 is 0 Å². The highest BCUT2D eigenvalue weighted by Gasteiger charge is 2.22. The zero-order valence-electron chi connectivity index (χ0n) is 17.4. The Morgan fingerprint density at radius 1 is 1.13 bits per heavy atom. The molecule has 1 aromatic carbocycles. The number of aromatic nitrogens is 2. The SMILES string of the molecule is COCC(=O)N1CCN(c2ncc(-c3cccc(COC(=O)CC(=N)N)c3)cn2)CC1. The molecule has 0 saturated carbocycles. The molecule has 0 unspecified atom stereocenters. The van der Waals surface area contributed by atoms with Gasteiger partial charge in [0, 0.05) is 51.2 Å². The molecule has 3 rings (SSSR count). The highest BCUT2D eigenvalue weighted by atomic mass is 16.5. The maximum Gasteiger partial charge on any atom is 0.313 e. The molecule has 1 aromatic heterocycles. The third-order valence-electron chi connectivity index (χ3n) is 4.82. The van der Waals surface area contributed by atoms with E-state index in [1.54, 1.807) is 17.3 Å². The van der Waals surface area contributed by atoms with Crippen molar-refractivity contribution in [3.05, 3.63) is 42.2 Å². The summed E-state index contributed by atoms with van der Waals surface area (Å²) in [6, 6.07) is 7.55. The van der Waals surface area contributed by atoms with Gasteiger partial charge in [-0.25, -0.2) is 9.97 Å². The third kappa shape index (κ3) is 6.22. The first-order chi connectivity index (χ1) is 15.0. The van der Waals surface area contributed by atoms with Crippen molar-refractivity contribution in [3.63, 3.8) is 0 Å². The van der Waals surface area contributed by atoms with Gasteiger partial charge in [0.15, 0.2) is 0 Å². The molecule has 0 spiro atoms. The van der Waals surface area contributed by atoms with Crippen molar-refractivity contribution in [3.8, 4) is 11.1 Å². The molecule has 3 N–H and O–H groups in total. The second-order valence-corrected chi connectivity index (χ2v) is 7.14.